The molecular formula is C16H13BrN2O2. The predicted molar refractivity (Wildman–Crippen MR) is 84.0 cm³/mol. The summed E-state index contributed by atoms with van der Waals surface area (Å²) in [6.45, 7) is 0. The van der Waals surface area contributed by atoms with Crippen molar-refractivity contribution in [2.75, 3.05) is 7.11 Å². The lowest BCUT2D eigenvalue weighted by molar-refractivity contribution is -0.143. The van der Waals surface area contributed by atoms with Crippen LogP contribution in [-0.2, 0) is 9.53 Å². The number of hydrogen-bond acceptors (Lipinski definition) is 3. The van der Waals surface area contributed by atoms with E-state index >= 15 is 0 Å². The average molecular weight is 345 g/mol. The monoisotopic (exact) mass is 344 g/mol. The summed E-state index contributed by atoms with van der Waals surface area (Å²) in [5, 5.41) is 5.48. The van der Waals surface area contributed by atoms with Crippen LogP contribution in [0.1, 0.15) is 11.6 Å². The van der Waals surface area contributed by atoms with E-state index in [-0.39, 0.29) is 5.97 Å². The number of esters is 1. The molecule has 0 fully saturated rings. The molecule has 1 unspecified atom stereocenters. The molecule has 1 atom stereocenters. The van der Waals surface area contributed by atoms with Crippen LogP contribution in [0, 0.1) is 0 Å². The fourth-order valence-electron chi connectivity index (χ4n) is 2.28. The molecule has 106 valence electrons. The quantitative estimate of drug-likeness (QED) is 0.682. The predicted octanol–water partition coefficient (Wildman–Crippen LogP) is 3.56. The number of carbonyl (C=O) groups is 1. The molecule has 3 aromatic rings. The van der Waals surface area contributed by atoms with Crippen molar-refractivity contribution in [3.05, 3.63) is 64.8 Å². The third kappa shape index (κ3) is 2.69. The number of hydrogen-bond donors (Lipinski definition) is 0. The van der Waals surface area contributed by atoms with Crippen molar-refractivity contribution in [2.45, 2.75) is 6.04 Å². The Balaban J connectivity index is 2.12. The molecule has 0 aliphatic carbocycles. The Morgan fingerprint density at radius 3 is 2.71 bits per heavy atom. The molecule has 1 heterocycles. The van der Waals surface area contributed by atoms with Crippen LogP contribution in [-0.4, -0.2) is 22.9 Å². The van der Waals surface area contributed by atoms with Crippen LogP contribution in [0.3, 0.4) is 0 Å². The number of aromatic nitrogens is 2. The van der Waals surface area contributed by atoms with Gasteiger partial charge < -0.3 is 4.74 Å². The van der Waals surface area contributed by atoms with Gasteiger partial charge in [0.05, 0.1) is 12.6 Å². The summed E-state index contributed by atoms with van der Waals surface area (Å²) >= 11 is 3.43. The molecule has 1 aromatic heterocycles. The first-order valence-electron chi connectivity index (χ1n) is 6.46. The van der Waals surface area contributed by atoms with Gasteiger partial charge in [-0.05, 0) is 17.7 Å². The van der Waals surface area contributed by atoms with E-state index in [9.17, 15) is 4.79 Å². The minimum absolute atomic E-state index is 0.340. The van der Waals surface area contributed by atoms with Crippen molar-refractivity contribution in [1.29, 1.82) is 0 Å². The summed E-state index contributed by atoms with van der Waals surface area (Å²) in [6.07, 6.45) is 1.86. The van der Waals surface area contributed by atoms with Crippen LogP contribution in [0.25, 0.3) is 10.9 Å². The lowest BCUT2D eigenvalue weighted by atomic mass is 10.1. The molecule has 21 heavy (non-hydrogen) atoms. The van der Waals surface area contributed by atoms with E-state index in [4.69, 9.17) is 4.74 Å². The van der Waals surface area contributed by atoms with Crippen molar-refractivity contribution >= 4 is 32.8 Å². The van der Waals surface area contributed by atoms with Crippen LogP contribution < -0.4 is 0 Å². The first kappa shape index (κ1) is 13.8. The molecular weight excluding hydrogens is 332 g/mol. The maximum atomic E-state index is 12.2. The number of fused-ring (bicyclic) bond motifs is 1. The highest BCUT2D eigenvalue weighted by molar-refractivity contribution is 9.10. The zero-order chi connectivity index (χ0) is 14.8. The van der Waals surface area contributed by atoms with Crippen LogP contribution in [0.5, 0.6) is 0 Å². The lowest BCUT2D eigenvalue weighted by Gasteiger charge is -2.15. The van der Waals surface area contributed by atoms with Crippen LogP contribution in [0.15, 0.2) is 59.2 Å². The van der Waals surface area contributed by atoms with Crippen molar-refractivity contribution < 1.29 is 9.53 Å². The van der Waals surface area contributed by atoms with E-state index in [1.54, 1.807) is 4.68 Å². The maximum Gasteiger partial charge on any atom is 0.335 e. The normalized spacial score (nSPS) is 12.3. The Kier molecular flexibility index (Phi) is 3.75. The van der Waals surface area contributed by atoms with E-state index < -0.39 is 6.04 Å². The van der Waals surface area contributed by atoms with Crippen molar-refractivity contribution in [2.24, 2.45) is 0 Å². The van der Waals surface area contributed by atoms with Gasteiger partial charge in [0.15, 0.2) is 6.04 Å². The van der Waals surface area contributed by atoms with Gasteiger partial charge in [0.2, 0.25) is 0 Å². The van der Waals surface area contributed by atoms with E-state index in [1.807, 2.05) is 54.7 Å². The van der Waals surface area contributed by atoms with Gasteiger partial charge in [-0.3, -0.25) is 4.68 Å². The second kappa shape index (κ2) is 5.69. The molecule has 0 radical (unpaired) electrons. The second-order valence-electron chi connectivity index (χ2n) is 4.65. The fourth-order valence-corrected chi connectivity index (χ4v) is 2.63. The van der Waals surface area contributed by atoms with Gasteiger partial charge in [0.1, 0.15) is 0 Å². The van der Waals surface area contributed by atoms with Gasteiger partial charge in [-0.25, -0.2) is 4.79 Å². The first-order chi connectivity index (χ1) is 10.2. The third-order valence-corrected chi connectivity index (χ3v) is 3.78. The minimum atomic E-state index is -0.581. The van der Waals surface area contributed by atoms with Crippen molar-refractivity contribution in [3.63, 3.8) is 0 Å². The summed E-state index contributed by atoms with van der Waals surface area (Å²) in [5.74, 6) is -0.340. The number of benzene rings is 2. The van der Waals surface area contributed by atoms with Gasteiger partial charge in [0, 0.05) is 16.1 Å². The number of methoxy groups -OCH3 is 1. The lowest BCUT2D eigenvalue weighted by Crippen LogP contribution is -2.22. The minimum Gasteiger partial charge on any atom is -0.467 e. The maximum absolute atomic E-state index is 12.2. The Morgan fingerprint density at radius 2 is 2.00 bits per heavy atom. The topological polar surface area (TPSA) is 44.1 Å². The zero-order valence-corrected chi connectivity index (χ0v) is 12.9. The number of carbonyl (C=O) groups excluding carboxylic acids is 1. The van der Waals surface area contributed by atoms with Gasteiger partial charge >= 0.3 is 5.97 Å². The highest BCUT2D eigenvalue weighted by Gasteiger charge is 2.24. The SMILES string of the molecule is COC(=O)C(c1ccccc1)n1cc2ccc(Br)cc2n1. The molecule has 3 rings (SSSR count). The summed E-state index contributed by atoms with van der Waals surface area (Å²) in [4.78, 5) is 12.2. The molecule has 0 spiro atoms. The molecule has 0 aliphatic rings. The number of nitrogens with zero attached hydrogens (tertiary/aromatic N) is 2. The molecule has 5 heteroatoms. The van der Waals surface area contributed by atoms with Gasteiger partial charge in [-0.1, -0.05) is 52.3 Å². The summed E-state index contributed by atoms with van der Waals surface area (Å²) in [7, 11) is 1.39. The van der Waals surface area contributed by atoms with Gasteiger partial charge in [-0.15, -0.1) is 0 Å². The summed E-state index contributed by atoms with van der Waals surface area (Å²) in [6, 6.07) is 14.7. The Hall–Kier alpha value is -2.14. The molecule has 2 aromatic carbocycles. The van der Waals surface area contributed by atoms with Crippen molar-refractivity contribution in [3.8, 4) is 0 Å². The largest absolute Gasteiger partial charge is 0.467 e. The fraction of sp³-hybridized carbons (Fsp3) is 0.125. The molecule has 4 nitrogen and oxygen atoms in total. The number of halogens is 1. The second-order valence-corrected chi connectivity index (χ2v) is 5.56. The molecule has 0 amide bonds. The molecule has 0 saturated heterocycles. The molecule has 0 N–H and O–H groups in total. The van der Waals surface area contributed by atoms with E-state index in [1.165, 1.54) is 7.11 Å². The molecule has 0 saturated carbocycles. The molecule has 0 bridgehead atoms. The Morgan fingerprint density at radius 1 is 1.24 bits per heavy atom. The van der Waals surface area contributed by atoms with Gasteiger partial charge in [-0.2, -0.15) is 5.10 Å². The van der Waals surface area contributed by atoms with Gasteiger partial charge in [0.25, 0.3) is 0 Å². The highest BCUT2D eigenvalue weighted by atomic mass is 79.9. The van der Waals surface area contributed by atoms with E-state index in [2.05, 4.69) is 21.0 Å². The van der Waals surface area contributed by atoms with E-state index in [0.717, 1.165) is 20.9 Å². The standard InChI is InChI=1S/C16H13BrN2O2/c1-21-16(20)15(11-5-3-2-4-6-11)19-10-12-7-8-13(17)9-14(12)18-19/h2-10,15H,1H3. The van der Waals surface area contributed by atoms with Crippen LogP contribution in [0.2, 0.25) is 0 Å². The average Bonchev–Trinajstić information content (AvgIpc) is 2.90. The molecule has 0 aliphatic heterocycles. The number of rotatable bonds is 3. The Labute approximate surface area is 130 Å². The smallest absolute Gasteiger partial charge is 0.335 e. The highest BCUT2D eigenvalue weighted by Crippen LogP contribution is 2.24. The number of ether oxygens (including phenoxy) is 1. The van der Waals surface area contributed by atoms with E-state index in [0.29, 0.717) is 0 Å². The Bertz CT molecular complexity index is 783. The third-order valence-electron chi connectivity index (χ3n) is 3.29. The van der Waals surface area contributed by atoms with Crippen molar-refractivity contribution in [1.82, 2.24) is 9.78 Å². The summed E-state index contributed by atoms with van der Waals surface area (Å²) in [5.41, 5.74) is 1.67. The zero-order valence-electron chi connectivity index (χ0n) is 11.4. The van der Waals surface area contributed by atoms with Crippen LogP contribution >= 0.6 is 15.9 Å². The summed E-state index contributed by atoms with van der Waals surface area (Å²) < 4.78 is 7.54. The first-order valence-corrected chi connectivity index (χ1v) is 7.25. The van der Waals surface area contributed by atoms with Crippen LogP contribution in [0.4, 0.5) is 0 Å².